The minimum Gasteiger partial charge on any atom is -0.434 e. The smallest absolute Gasteiger partial charge is 0.434 e. The maximum Gasteiger partial charge on any atom is 0.510 e. The summed E-state index contributed by atoms with van der Waals surface area (Å²) in [7, 11) is -4.10. The summed E-state index contributed by atoms with van der Waals surface area (Å²) in [6.07, 6.45) is 19.8. The topological polar surface area (TPSA) is 150 Å². The Morgan fingerprint density at radius 3 is 2.14 bits per heavy atom. The molecular formula is C34H62N5O7PS2. The number of hydrogen-bond acceptors (Lipinski definition) is 12. The van der Waals surface area contributed by atoms with E-state index in [1.165, 1.54) is 89.8 Å². The van der Waals surface area contributed by atoms with Gasteiger partial charge < -0.3 is 29.0 Å². The number of carbonyl (C=O) groups excluding carboxylic acids is 1. The third kappa shape index (κ3) is 20.1. The van der Waals surface area contributed by atoms with E-state index >= 15 is 0 Å². The van der Waals surface area contributed by atoms with Gasteiger partial charge in [0, 0.05) is 5.75 Å². The lowest BCUT2D eigenvalue weighted by molar-refractivity contribution is -0.0172. The maximum absolute atomic E-state index is 13.7. The summed E-state index contributed by atoms with van der Waals surface area (Å²) in [5, 5.41) is 0. The molecule has 0 amide bonds. The van der Waals surface area contributed by atoms with Crippen molar-refractivity contribution in [1.29, 1.82) is 0 Å². The van der Waals surface area contributed by atoms with Crippen LogP contribution in [0.1, 0.15) is 125 Å². The Hall–Kier alpha value is -1.70. The quantitative estimate of drug-likeness (QED) is 0.0384. The van der Waals surface area contributed by atoms with Gasteiger partial charge in [-0.3, -0.25) is 9.09 Å². The number of nitrogen functional groups attached to an aromatic ring is 1. The Morgan fingerprint density at radius 1 is 0.918 bits per heavy atom. The van der Waals surface area contributed by atoms with Crippen LogP contribution in [-0.4, -0.2) is 69.6 Å². The number of unbranched alkanes of at least 4 members (excludes halogenated alkanes) is 13. The average Bonchev–Trinajstić information content (AvgIpc) is 3.46. The molecule has 0 fully saturated rings. The van der Waals surface area contributed by atoms with E-state index < -0.39 is 26.6 Å². The van der Waals surface area contributed by atoms with E-state index in [4.69, 9.17) is 40.2 Å². The van der Waals surface area contributed by atoms with Crippen LogP contribution >= 0.6 is 7.60 Å². The first-order valence-electron chi connectivity index (χ1n) is 18.0. The predicted octanol–water partition coefficient (Wildman–Crippen LogP) is 8.72. The van der Waals surface area contributed by atoms with E-state index in [9.17, 15) is 9.36 Å². The molecule has 0 saturated carbocycles. The fourth-order valence-corrected chi connectivity index (χ4v) is 7.92. The second kappa shape index (κ2) is 24.5. The number of nitrogens with two attached hydrogens (primary N) is 1. The van der Waals surface area contributed by atoms with Gasteiger partial charge in [0.05, 0.1) is 32.2 Å². The molecular weight excluding hydrogens is 686 g/mol. The van der Waals surface area contributed by atoms with Gasteiger partial charge in [0.2, 0.25) is 6.79 Å². The molecule has 12 nitrogen and oxygen atoms in total. The van der Waals surface area contributed by atoms with Crippen molar-refractivity contribution in [3.63, 3.8) is 0 Å². The van der Waals surface area contributed by atoms with Crippen molar-refractivity contribution in [3.05, 3.63) is 12.7 Å². The fraction of sp³-hybridized carbons (Fsp3) is 0.824. The standard InChI is InChI=1S/C34H62N5O7PS2/c1-6-7-8-9-10-11-12-13-14-15-16-17-18-19-21-49(48)22-20-45-47(41,46-27-43-33(40)42-24-34(3,4)5)28-44-29(2)23-39-26-38-30-31(35)36-25-37-32(30)39/h25-26,29H,6-24,27-28H2,1-5H3,(H2,35,36,37)/t29-,47?,49?/m1/s1. The van der Waals surface area contributed by atoms with Crippen LogP contribution in [0.3, 0.4) is 0 Å². The summed E-state index contributed by atoms with van der Waals surface area (Å²) in [5.41, 5.74) is 6.73. The molecule has 2 aromatic rings. The second-order valence-electron chi connectivity index (χ2n) is 13.8. The van der Waals surface area contributed by atoms with Crippen LogP contribution < -0.4 is 5.73 Å². The summed E-state index contributed by atoms with van der Waals surface area (Å²) >= 11 is 5.69. The Kier molecular flexibility index (Phi) is 21.7. The van der Waals surface area contributed by atoms with Gasteiger partial charge in [0.1, 0.15) is 18.2 Å². The predicted molar refractivity (Wildman–Crippen MR) is 201 cm³/mol. The summed E-state index contributed by atoms with van der Waals surface area (Å²) in [5.74, 6) is 1.80. The largest absolute Gasteiger partial charge is 0.510 e. The number of carbonyl (C=O) groups is 1. The molecule has 0 spiro atoms. The molecule has 2 unspecified atom stereocenters. The summed E-state index contributed by atoms with van der Waals surface area (Å²) < 4.78 is 42.6. The lowest BCUT2D eigenvalue weighted by atomic mass is 9.99. The molecule has 0 saturated heterocycles. The monoisotopic (exact) mass is 747 g/mol. The van der Waals surface area contributed by atoms with E-state index in [1.54, 1.807) is 10.9 Å². The number of imidazole rings is 1. The van der Waals surface area contributed by atoms with Crippen molar-refractivity contribution in [3.8, 4) is 0 Å². The molecule has 0 radical (unpaired) electrons. The molecule has 282 valence electrons. The number of aromatic nitrogens is 4. The third-order valence-corrected chi connectivity index (χ3v) is 11.7. The first-order chi connectivity index (χ1) is 23.4. The first-order valence-corrected chi connectivity index (χ1v) is 22.2. The van der Waals surface area contributed by atoms with Crippen molar-refractivity contribution < 1.29 is 32.6 Å². The molecule has 15 heteroatoms. The summed E-state index contributed by atoms with van der Waals surface area (Å²) in [6.45, 7) is 9.95. The van der Waals surface area contributed by atoms with Gasteiger partial charge in [-0.05, 0) is 24.5 Å². The second-order valence-corrected chi connectivity index (χ2v) is 18.9. The summed E-state index contributed by atoms with van der Waals surface area (Å²) in [6, 6.07) is 0. The van der Waals surface area contributed by atoms with Gasteiger partial charge in [-0.1, -0.05) is 122 Å². The van der Waals surface area contributed by atoms with Crippen LogP contribution in [0.2, 0.25) is 0 Å². The number of rotatable bonds is 28. The molecule has 2 rings (SSSR count). The Balaban J connectivity index is 1.71. The zero-order valence-electron chi connectivity index (χ0n) is 30.6. The maximum atomic E-state index is 13.7. The lowest BCUT2D eigenvalue weighted by Gasteiger charge is -2.22. The van der Waals surface area contributed by atoms with Gasteiger partial charge in [0.25, 0.3) is 0 Å². The first kappa shape index (κ1) is 43.5. The van der Waals surface area contributed by atoms with E-state index in [1.807, 2.05) is 27.7 Å². The van der Waals surface area contributed by atoms with E-state index in [2.05, 4.69) is 21.9 Å². The van der Waals surface area contributed by atoms with Crippen molar-refractivity contribution in [1.82, 2.24) is 19.5 Å². The highest BCUT2D eigenvalue weighted by molar-refractivity contribution is 8.28. The van der Waals surface area contributed by atoms with Crippen molar-refractivity contribution in [2.24, 2.45) is 5.41 Å². The number of hydrogen-bond donors (Lipinski definition) is 1. The van der Waals surface area contributed by atoms with Gasteiger partial charge >= 0.3 is 13.8 Å². The highest BCUT2D eigenvalue weighted by Gasteiger charge is 2.28. The third-order valence-electron chi connectivity index (χ3n) is 7.77. The number of ether oxygens (including phenoxy) is 3. The van der Waals surface area contributed by atoms with E-state index in [0.717, 1.165) is 12.2 Å². The van der Waals surface area contributed by atoms with Crippen molar-refractivity contribution >= 4 is 51.4 Å². The van der Waals surface area contributed by atoms with Crippen LogP contribution in [0, 0.1) is 5.41 Å². The molecule has 3 atom stereocenters. The Morgan fingerprint density at radius 2 is 1.53 bits per heavy atom. The van der Waals surface area contributed by atoms with E-state index in [-0.39, 0.29) is 40.2 Å². The molecule has 0 aliphatic rings. The minimum atomic E-state index is -3.81. The molecule has 49 heavy (non-hydrogen) atoms. The highest BCUT2D eigenvalue weighted by Crippen LogP contribution is 2.48. The van der Waals surface area contributed by atoms with Gasteiger partial charge in [-0.25, -0.2) is 19.7 Å². The van der Waals surface area contributed by atoms with Gasteiger partial charge in [0.15, 0.2) is 11.5 Å². The highest BCUT2D eigenvalue weighted by atomic mass is 32.8. The molecule has 2 aromatic heterocycles. The summed E-state index contributed by atoms with van der Waals surface area (Å²) in [4.78, 5) is 24.5. The lowest BCUT2D eigenvalue weighted by Crippen LogP contribution is -2.21. The Labute approximate surface area is 301 Å². The molecule has 0 bridgehead atoms. The molecule has 0 aliphatic carbocycles. The Bertz CT molecular complexity index is 1280. The SMILES string of the molecule is CCCCCCCCCCCCCCCCS(=S)CCOP(=O)(CO[C@H](C)Cn1cnc2c(N)ncnc21)OCOC(=O)OCC(C)(C)C. The zero-order valence-corrected chi connectivity index (χ0v) is 33.1. The van der Waals surface area contributed by atoms with Crippen LogP contribution in [0.5, 0.6) is 0 Å². The number of anilines is 1. The number of fused-ring (bicyclic) bond motifs is 1. The van der Waals surface area contributed by atoms with Crippen LogP contribution in [0.25, 0.3) is 11.2 Å². The van der Waals surface area contributed by atoms with Crippen LogP contribution in [0.4, 0.5) is 10.6 Å². The van der Waals surface area contributed by atoms with Gasteiger partial charge in [-0.15, -0.1) is 9.45 Å². The van der Waals surface area contributed by atoms with Crippen LogP contribution in [-0.2, 0) is 55.0 Å². The average molecular weight is 748 g/mol. The van der Waals surface area contributed by atoms with Crippen molar-refractivity contribution in [2.45, 2.75) is 137 Å². The molecule has 2 N–H and O–H groups in total. The number of nitrogens with zero attached hydrogens (tertiary/aromatic N) is 4. The molecule has 0 aliphatic heterocycles. The fourth-order valence-electron chi connectivity index (χ4n) is 4.99. The van der Waals surface area contributed by atoms with Gasteiger partial charge in [-0.2, -0.15) is 0 Å². The zero-order chi connectivity index (χ0) is 36.0. The normalized spacial score (nSPS) is 14.5. The molecule has 0 aromatic carbocycles. The van der Waals surface area contributed by atoms with Crippen molar-refractivity contribution in [2.75, 3.05) is 43.6 Å². The van der Waals surface area contributed by atoms with Crippen LogP contribution in [0.15, 0.2) is 12.7 Å². The minimum absolute atomic E-state index is 0.150. The molecule has 2 heterocycles. The van der Waals surface area contributed by atoms with E-state index in [0.29, 0.717) is 23.5 Å².